The number of rotatable bonds is 4. The van der Waals surface area contributed by atoms with E-state index in [9.17, 15) is 23.1 Å². The topological polar surface area (TPSA) is 77.0 Å². The number of hydrogen-bond acceptors (Lipinski definition) is 5. The molecule has 0 saturated heterocycles. The van der Waals surface area contributed by atoms with E-state index in [-0.39, 0.29) is 19.8 Å². The number of hydrogen-bond donors (Lipinski definition) is 2. The monoisotopic (exact) mass is 405 g/mol. The molecule has 158 valence electrons. The van der Waals surface area contributed by atoms with Crippen LogP contribution in [0.25, 0.3) is 0 Å². The summed E-state index contributed by atoms with van der Waals surface area (Å²) in [6.45, 7) is 6.60. The summed E-state index contributed by atoms with van der Waals surface area (Å²) in [6.07, 6.45) is -6.68. The van der Waals surface area contributed by atoms with E-state index >= 15 is 0 Å². The number of benzene rings is 1. The minimum Gasteiger partial charge on any atom is -0.444 e. The minimum atomic E-state index is -4.49. The first-order valence-corrected chi connectivity index (χ1v) is 8.94. The van der Waals surface area contributed by atoms with Gasteiger partial charge in [0.15, 0.2) is 0 Å². The minimum absolute atomic E-state index is 0.0174. The van der Waals surface area contributed by atoms with E-state index in [0.29, 0.717) is 11.1 Å². The summed E-state index contributed by atoms with van der Waals surface area (Å²) in [4.78, 5) is 12.3. The Morgan fingerprint density at radius 3 is 2.61 bits per heavy atom. The van der Waals surface area contributed by atoms with Crippen LogP contribution in [0.4, 0.5) is 18.0 Å². The highest BCUT2D eigenvalue weighted by molar-refractivity contribution is 5.68. The Labute approximate surface area is 162 Å². The number of aliphatic hydroxyl groups excluding tert-OH is 1. The quantitative estimate of drug-likeness (QED) is 0.801. The van der Waals surface area contributed by atoms with Gasteiger partial charge in [-0.1, -0.05) is 6.07 Å². The Balaban J connectivity index is 2.36. The van der Waals surface area contributed by atoms with E-state index in [4.69, 9.17) is 14.2 Å². The first-order valence-electron chi connectivity index (χ1n) is 8.94. The number of aliphatic hydroxyl groups is 1. The van der Waals surface area contributed by atoms with Crippen LogP contribution in [0.3, 0.4) is 0 Å². The van der Waals surface area contributed by atoms with Crippen molar-refractivity contribution in [2.75, 3.05) is 13.2 Å². The van der Waals surface area contributed by atoms with Gasteiger partial charge >= 0.3 is 12.3 Å². The maximum absolute atomic E-state index is 13.1. The van der Waals surface area contributed by atoms with Crippen LogP contribution in [0.5, 0.6) is 0 Å². The molecule has 0 aromatic heterocycles. The maximum Gasteiger partial charge on any atom is 0.416 e. The van der Waals surface area contributed by atoms with E-state index in [1.807, 2.05) is 0 Å². The largest absolute Gasteiger partial charge is 0.444 e. The van der Waals surface area contributed by atoms with Crippen LogP contribution in [0.1, 0.15) is 50.4 Å². The average molecular weight is 405 g/mol. The second kappa shape index (κ2) is 8.67. The van der Waals surface area contributed by atoms with Crippen molar-refractivity contribution in [3.8, 4) is 0 Å². The fourth-order valence-corrected chi connectivity index (χ4v) is 2.80. The average Bonchev–Trinajstić information content (AvgIpc) is 2.69. The Bertz CT molecular complexity index is 685. The van der Waals surface area contributed by atoms with Gasteiger partial charge in [0.25, 0.3) is 0 Å². The van der Waals surface area contributed by atoms with E-state index in [2.05, 4.69) is 5.32 Å². The summed E-state index contributed by atoms with van der Waals surface area (Å²) in [5.74, 6) is 0. The van der Waals surface area contributed by atoms with Crippen molar-refractivity contribution in [3.63, 3.8) is 0 Å². The molecule has 3 atom stereocenters. The first-order chi connectivity index (χ1) is 12.9. The highest BCUT2D eigenvalue weighted by Gasteiger charge is 2.35. The molecule has 0 spiro atoms. The molecule has 0 aliphatic carbocycles. The van der Waals surface area contributed by atoms with Gasteiger partial charge in [-0.25, -0.2) is 4.79 Å². The molecule has 9 heteroatoms. The summed E-state index contributed by atoms with van der Waals surface area (Å²) in [6, 6.07) is 2.48. The number of alkyl carbamates (subject to hydrolysis) is 1. The molecule has 0 unspecified atom stereocenters. The molecule has 28 heavy (non-hydrogen) atoms. The van der Waals surface area contributed by atoms with Crippen molar-refractivity contribution in [1.82, 2.24) is 5.32 Å². The van der Waals surface area contributed by atoms with E-state index in [1.165, 1.54) is 13.0 Å². The second-order valence-corrected chi connectivity index (χ2v) is 7.77. The fraction of sp³-hybridized carbons (Fsp3) is 0.632. The number of carbonyl (C=O) groups is 1. The van der Waals surface area contributed by atoms with Crippen molar-refractivity contribution in [2.45, 2.75) is 64.3 Å². The van der Waals surface area contributed by atoms with Gasteiger partial charge in [0.1, 0.15) is 11.7 Å². The second-order valence-electron chi connectivity index (χ2n) is 7.77. The van der Waals surface area contributed by atoms with Crippen LogP contribution in [0, 0.1) is 0 Å². The number of halogens is 3. The summed E-state index contributed by atoms with van der Waals surface area (Å²) < 4.78 is 55.6. The van der Waals surface area contributed by atoms with Gasteiger partial charge in [-0.2, -0.15) is 13.2 Å². The number of amides is 1. The first kappa shape index (κ1) is 22.4. The van der Waals surface area contributed by atoms with Crippen molar-refractivity contribution < 1.29 is 37.3 Å². The molecular formula is C19H26F3NO5. The number of ether oxygens (including phenoxy) is 3. The van der Waals surface area contributed by atoms with Crippen LogP contribution in [-0.2, 0) is 27.0 Å². The lowest BCUT2D eigenvalue weighted by molar-refractivity contribution is -0.137. The van der Waals surface area contributed by atoms with Gasteiger partial charge in [0, 0.05) is 0 Å². The SMILES string of the molecule is C[C@H](O)CO[C@H]1COCc2cc(C(F)(F)F)ccc2[C@H]1NC(=O)OC(C)(C)C. The third kappa shape index (κ3) is 6.35. The lowest BCUT2D eigenvalue weighted by Crippen LogP contribution is -2.42. The van der Waals surface area contributed by atoms with Crippen molar-refractivity contribution >= 4 is 6.09 Å². The summed E-state index contributed by atoms with van der Waals surface area (Å²) >= 11 is 0. The highest BCUT2D eigenvalue weighted by atomic mass is 19.4. The molecule has 0 fully saturated rings. The molecular weight excluding hydrogens is 379 g/mol. The molecule has 1 aromatic carbocycles. The van der Waals surface area contributed by atoms with Crippen molar-refractivity contribution in [1.29, 1.82) is 0 Å². The Morgan fingerprint density at radius 2 is 2.04 bits per heavy atom. The molecule has 6 nitrogen and oxygen atoms in total. The molecule has 1 aromatic rings. The van der Waals surface area contributed by atoms with E-state index in [0.717, 1.165) is 12.1 Å². The predicted molar refractivity (Wildman–Crippen MR) is 94.6 cm³/mol. The summed E-state index contributed by atoms with van der Waals surface area (Å²) in [5, 5.41) is 12.2. The third-order valence-corrected chi connectivity index (χ3v) is 3.94. The zero-order valence-electron chi connectivity index (χ0n) is 16.3. The van der Waals surface area contributed by atoms with Gasteiger partial charge in [0.2, 0.25) is 0 Å². The van der Waals surface area contributed by atoms with E-state index < -0.39 is 41.7 Å². The lowest BCUT2D eigenvalue weighted by atomic mass is 9.95. The maximum atomic E-state index is 13.1. The zero-order chi connectivity index (χ0) is 21.1. The van der Waals surface area contributed by atoms with E-state index in [1.54, 1.807) is 20.8 Å². The molecule has 0 saturated carbocycles. The van der Waals surface area contributed by atoms with Gasteiger partial charge < -0.3 is 24.6 Å². The molecule has 1 heterocycles. The standard InChI is InChI=1S/C19H26F3NO5/c1-11(24)8-27-15-10-26-9-12-7-13(19(20,21)22)5-6-14(12)16(15)23-17(25)28-18(2,3)4/h5-7,11,15-16,24H,8-10H2,1-4H3,(H,23,25)/t11-,15-,16+/m0/s1. The fourth-order valence-electron chi connectivity index (χ4n) is 2.80. The van der Waals surface area contributed by atoms with Crippen LogP contribution >= 0.6 is 0 Å². The number of alkyl halides is 3. The molecule has 0 radical (unpaired) electrons. The van der Waals surface area contributed by atoms with Crippen LogP contribution in [0.15, 0.2) is 18.2 Å². The smallest absolute Gasteiger partial charge is 0.416 e. The number of fused-ring (bicyclic) bond motifs is 1. The molecule has 2 N–H and O–H groups in total. The molecule has 1 aliphatic rings. The zero-order valence-corrected chi connectivity index (χ0v) is 16.3. The highest BCUT2D eigenvalue weighted by Crippen LogP contribution is 2.34. The Kier molecular flexibility index (Phi) is 6.95. The molecule has 1 amide bonds. The Hall–Kier alpha value is -1.84. The van der Waals surface area contributed by atoms with Gasteiger partial charge in [-0.15, -0.1) is 0 Å². The van der Waals surface area contributed by atoms with Gasteiger partial charge in [-0.3, -0.25) is 0 Å². The van der Waals surface area contributed by atoms with Crippen molar-refractivity contribution in [3.05, 3.63) is 34.9 Å². The van der Waals surface area contributed by atoms with Crippen LogP contribution < -0.4 is 5.32 Å². The number of nitrogens with one attached hydrogen (secondary N) is 1. The van der Waals surface area contributed by atoms with Gasteiger partial charge in [0.05, 0.1) is 37.5 Å². The molecule has 0 bridgehead atoms. The predicted octanol–water partition coefficient (Wildman–Crippen LogP) is 3.57. The van der Waals surface area contributed by atoms with Crippen LogP contribution in [-0.4, -0.2) is 42.2 Å². The lowest BCUT2D eigenvalue weighted by Gasteiger charge is -2.29. The van der Waals surface area contributed by atoms with Crippen molar-refractivity contribution in [2.24, 2.45) is 0 Å². The molecule has 1 aliphatic heterocycles. The van der Waals surface area contributed by atoms with Gasteiger partial charge in [-0.05, 0) is 51.0 Å². The van der Waals surface area contributed by atoms with Crippen LogP contribution in [0.2, 0.25) is 0 Å². The number of carbonyl (C=O) groups excluding carboxylic acids is 1. The summed E-state index contributed by atoms with van der Waals surface area (Å²) in [7, 11) is 0. The molecule has 2 rings (SSSR count). The Morgan fingerprint density at radius 1 is 1.36 bits per heavy atom. The normalized spacial score (nSPS) is 21.4. The summed E-state index contributed by atoms with van der Waals surface area (Å²) in [5.41, 5.74) is -0.787. The third-order valence-electron chi connectivity index (χ3n) is 3.94.